The van der Waals surface area contributed by atoms with Gasteiger partial charge in [0, 0.05) is 6.07 Å². The minimum absolute atomic E-state index is 0.298. The Bertz CT molecular complexity index is 735. The molecule has 0 aliphatic heterocycles. The van der Waals surface area contributed by atoms with E-state index in [9.17, 15) is 28.1 Å². The van der Waals surface area contributed by atoms with Crippen LogP contribution in [-0.4, -0.2) is 10.8 Å². The SMILES string of the molecule is O=C(Nc1ccccc1F)c1c(F)ccc([N+](=O)[O-])c1F. The molecule has 0 heterocycles. The van der Waals surface area contributed by atoms with Crippen LogP contribution in [0.1, 0.15) is 10.4 Å². The van der Waals surface area contributed by atoms with Gasteiger partial charge >= 0.3 is 5.69 Å². The second-order valence-electron chi connectivity index (χ2n) is 3.95. The van der Waals surface area contributed by atoms with Gasteiger partial charge in [0.1, 0.15) is 17.2 Å². The average molecular weight is 296 g/mol. The van der Waals surface area contributed by atoms with Crippen LogP contribution < -0.4 is 5.32 Å². The van der Waals surface area contributed by atoms with Gasteiger partial charge in [0.25, 0.3) is 5.91 Å². The van der Waals surface area contributed by atoms with E-state index >= 15 is 0 Å². The van der Waals surface area contributed by atoms with Gasteiger partial charge in [0.05, 0.1) is 10.6 Å². The first-order chi connectivity index (χ1) is 9.91. The van der Waals surface area contributed by atoms with Crippen molar-refractivity contribution in [1.82, 2.24) is 0 Å². The molecule has 0 spiro atoms. The summed E-state index contributed by atoms with van der Waals surface area (Å²) in [5.74, 6) is -5.03. The molecule has 21 heavy (non-hydrogen) atoms. The second kappa shape index (κ2) is 5.61. The van der Waals surface area contributed by atoms with Crippen molar-refractivity contribution in [3.63, 3.8) is 0 Å². The number of nitro benzene ring substituents is 1. The molecular weight excluding hydrogens is 289 g/mol. The predicted octanol–water partition coefficient (Wildman–Crippen LogP) is 3.26. The number of hydrogen-bond acceptors (Lipinski definition) is 3. The minimum Gasteiger partial charge on any atom is -0.319 e. The smallest absolute Gasteiger partial charge is 0.305 e. The molecule has 0 atom stereocenters. The highest BCUT2D eigenvalue weighted by molar-refractivity contribution is 6.05. The lowest BCUT2D eigenvalue weighted by Gasteiger charge is -2.08. The highest BCUT2D eigenvalue weighted by atomic mass is 19.1. The second-order valence-corrected chi connectivity index (χ2v) is 3.95. The normalized spacial score (nSPS) is 10.2. The van der Waals surface area contributed by atoms with Gasteiger partial charge in [-0.3, -0.25) is 14.9 Å². The highest BCUT2D eigenvalue weighted by Gasteiger charge is 2.26. The van der Waals surface area contributed by atoms with Gasteiger partial charge < -0.3 is 5.32 Å². The molecule has 0 fully saturated rings. The third kappa shape index (κ3) is 2.83. The first kappa shape index (κ1) is 14.5. The first-order valence-electron chi connectivity index (χ1n) is 5.60. The van der Waals surface area contributed by atoms with E-state index in [1.54, 1.807) is 0 Å². The Labute approximate surface area is 116 Å². The summed E-state index contributed by atoms with van der Waals surface area (Å²) in [7, 11) is 0. The number of nitro groups is 1. The van der Waals surface area contributed by atoms with Crippen molar-refractivity contribution >= 4 is 17.3 Å². The largest absolute Gasteiger partial charge is 0.319 e. The van der Waals surface area contributed by atoms with Crippen LogP contribution in [0.2, 0.25) is 0 Å². The molecule has 1 amide bonds. The van der Waals surface area contributed by atoms with Crippen LogP contribution in [0.3, 0.4) is 0 Å². The van der Waals surface area contributed by atoms with Crippen LogP contribution in [0.15, 0.2) is 36.4 Å². The molecule has 0 radical (unpaired) electrons. The van der Waals surface area contributed by atoms with E-state index in [-0.39, 0.29) is 5.69 Å². The molecule has 0 aliphatic carbocycles. The predicted molar refractivity (Wildman–Crippen MR) is 67.4 cm³/mol. The lowest BCUT2D eigenvalue weighted by molar-refractivity contribution is -0.387. The number of hydrogen-bond donors (Lipinski definition) is 1. The molecule has 0 saturated carbocycles. The number of anilines is 1. The molecule has 1 N–H and O–H groups in total. The van der Waals surface area contributed by atoms with Crippen molar-refractivity contribution in [2.45, 2.75) is 0 Å². The molecule has 2 aromatic carbocycles. The number of nitrogens with zero attached hydrogens (tertiary/aromatic N) is 1. The van der Waals surface area contributed by atoms with Crippen LogP contribution in [0.5, 0.6) is 0 Å². The number of carbonyl (C=O) groups excluding carboxylic acids is 1. The number of benzene rings is 2. The van der Waals surface area contributed by atoms with Crippen LogP contribution in [0.25, 0.3) is 0 Å². The van der Waals surface area contributed by atoms with Crippen LogP contribution in [0.4, 0.5) is 24.5 Å². The van der Waals surface area contributed by atoms with Crippen molar-refractivity contribution in [3.05, 3.63) is 69.5 Å². The van der Waals surface area contributed by atoms with Crippen molar-refractivity contribution in [3.8, 4) is 0 Å². The lowest BCUT2D eigenvalue weighted by Crippen LogP contribution is -2.17. The number of nitrogens with one attached hydrogen (secondary N) is 1. The number of halogens is 3. The van der Waals surface area contributed by atoms with Gasteiger partial charge in [-0.05, 0) is 18.2 Å². The Morgan fingerprint density at radius 2 is 1.71 bits per heavy atom. The van der Waals surface area contributed by atoms with Crippen LogP contribution >= 0.6 is 0 Å². The van der Waals surface area contributed by atoms with E-state index in [0.717, 1.165) is 6.07 Å². The molecule has 8 heteroatoms. The maximum Gasteiger partial charge on any atom is 0.305 e. The highest BCUT2D eigenvalue weighted by Crippen LogP contribution is 2.24. The van der Waals surface area contributed by atoms with Crippen LogP contribution in [-0.2, 0) is 0 Å². The minimum atomic E-state index is -1.62. The average Bonchev–Trinajstić information content (AvgIpc) is 2.41. The van der Waals surface area contributed by atoms with Gasteiger partial charge in [-0.15, -0.1) is 0 Å². The van der Waals surface area contributed by atoms with Crippen LogP contribution in [0, 0.1) is 27.6 Å². The number of carbonyl (C=O) groups is 1. The van der Waals surface area contributed by atoms with Gasteiger partial charge in [0.2, 0.25) is 5.82 Å². The zero-order valence-corrected chi connectivity index (χ0v) is 10.3. The summed E-state index contributed by atoms with van der Waals surface area (Å²) >= 11 is 0. The van der Waals surface area contributed by atoms with E-state index in [1.165, 1.54) is 18.2 Å². The van der Waals surface area contributed by atoms with E-state index in [1.807, 2.05) is 5.32 Å². The lowest BCUT2D eigenvalue weighted by atomic mass is 10.1. The van der Waals surface area contributed by atoms with Gasteiger partial charge in [-0.2, -0.15) is 4.39 Å². The molecule has 5 nitrogen and oxygen atoms in total. The fourth-order valence-electron chi connectivity index (χ4n) is 1.64. The molecule has 2 rings (SSSR count). The van der Waals surface area contributed by atoms with Gasteiger partial charge in [0.15, 0.2) is 0 Å². The third-order valence-corrected chi connectivity index (χ3v) is 2.62. The Morgan fingerprint density at radius 1 is 1.05 bits per heavy atom. The zero-order chi connectivity index (χ0) is 15.6. The summed E-state index contributed by atoms with van der Waals surface area (Å²) in [6.45, 7) is 0. The fourth-order valence-corrected chi connectivity index (χ4v) is 1.64. The fraction of sp³-hybridized carbons (Fsp3) is 0. The standard InChI is InChI=1S/C13H7F3N2O3/c14-7-3-1-2-4-9(7)17-13(19)11-8(15)5-6-10(12(11)16)18(20)21/h1-6H,(H,17,19). The van der Waals surface area contributed by atoms with E-state index in [0.29, 0.717) is 12.1 Å². The summed E-state index contributed by atoms with van der Waals surface area (Å²) in [5, 5.41) is 12.5. The molecule has 2 aromatic rings. The summed E-state index contributed by atoms with van der Waals surface area (Å²) in [6, 6.07) is 6.18. The maximum absolute atomic E-state index is 13.8. The molecular formula is C13H7F3N2O3. The maximum atomic E-state index is 13.8. The molecule has 0 saturated heterocycles. The summed E-state index contributed by atoms with van der Waals surface area (Å²) in [5.41, 5.74) is -2.49. The monoisotopic (exact) mass is 296 g/mol. The molecule has 0 bridgehead atoms. The van der Waals surface area contributed by atoms with Gasteiger partial charge in [-0.25, -0.2) is 8.78 Å². The summed E-state index contributed by atoms with van der Waals surface area (Å²) in [4.78, 5) is 21.3. The number of rotatable bonds is 3. The zero-order valence-electron chi connectivity index (χ0n) is 10.3. The van der Waals surface area contributed by atoms with Crippen molar-refractivity contribution < 1.29 is 22.9 Å². The summed E-state index contributed by atoms with van der Waals surface area (Å²) in [6.07, 6.45) is 0. The third-order valence-electron chi connectivity index (χ3n) is 2.62. The van der Waals surface area contributed by atoms with Crippen molar-refractivity contribution in [1.29, 1.82) is 0 Å². The Hall–Kier alpha value is -2.90. The quantitative estimate of drug-likeness (QED) is 0.698. The van der Waals surface area contributed by atoms with E-state index < -0.39 is 39.5 Å². The number of amides is 1. The Morgan fingerprint density at radius 3 is 2.33 bits per heavy atom. The molecule has 0 aliphatic rings. The molecule has 0 aromatic heterocycles. The van der Waals surface area contributed by atoms with Crippen molar-refractivity contribution in [2.24, 2.45) is 0 Å². The van der Waals surface area contributed by atoms with E-state index in [2.05, 4.69) is 0 Å². The Balaban J connectivity index is 2.42. The molecule has 0 unspecified atom stereocenters. The van der Waals surface area contributed by atoms with Gasteiger partial charge in [-0.1, -0.05) is 12.1 Å². The number of para-hydroxylation sites is 1. The topological polar surface area (TPSA) is 72.2 Å². The summed E-state index contributed by atoms with van der Waals surface area (Å²) < 4.78 is 40.7. The van der Waals surface area contributed by atoms with Crippen molar-refractivity contribution in [2.75, 3.05) is 5.32 Å². The first-order valence-corrected chi connectivity index (χ1v) is 5.60. The Kier molecular flexibility index (Phi) is 3.88. The molecule has 108 valence electrons. The van der Waals surface area contributed by atoms with E-state index in [4.69, 9.17) is 0 Å².